The summed E-state index contributed by atoms with van der Waals surface area (Å²) in [5, 5.41) is 9.55. The monoisotopic (exact) mass is 470 g/mol. The van der Waals surface area contributed by atoms with Crippen molar-refractivity contribution in [3.8, 4) is 11.1 Å². The van der Waals surface area contributed by atoms with Crippen LogP contribution in [0, 0.1) is 23.7 Å². The number of aliphatic imine (C=N–C) groups is 1. The van der Waals surface area contributed by atoms with Crippen molar-refractivity contribution in [2.45, 2.75) is 70.4 Å². The first-order valence-corrected chi connectivity index (χ1v) is 13.3. The van der Waals surface area contributed by atoms with Crippen LogP contribution in [0.2, 0.25) is 0 Å². The molecule has 182 valence electrons. The molecular formula is C30H34N2O3. The van der Waals surface area contributed by atoms with E-state index in [0.717, 1.165) is 48.1 Å². The van der Waals surface area contributed by atoms with Crippen LogP contribution in [0.3, 0.4) is 0 Å². The highest BCUT2D eigenvalue weighted by Crippen LogP contribution is 2.61. The maximum absolute atomic E-state index is 14.1. The molecule has 5 aliphatic rings. The molecule has 2 aromatic carbocycles. The van der Waals surface area contributed by atoms with E-state index in [2.05, 4.69) is 6.92 Å². The van der Waals surface area contributed by atoms with Gasteiger partial charge in [0.2, 0.25) is 0 Å². The predicted octanol–water partition coefficient (Wildman–Crippen LogP) is 6.18. The van der Waals surface area contributed by atoms with Gasteiger partial charge in [-0.2, -0.15) is 0 Å². The molecule has 1 spiro atoms. The van der Waals surface area contributed by atoms with E-state index in [1.165, 1.54) is 32.1 Å². The van der Waals surface area contributed by atoms with Gasteiger partial charge < -0.3 is 5.11 Å². The van der Waals surface area contributed by atoms with Gasteiger partial charge in [-0.25, -0.2) is 4.79 Å². The third-order valence-electron chi connectivity index (χ3n) is 9.11. The molecular weight excluding hydrogens is 436 g/mol. The number of nitrogens with zero attached hydrogens (tertiary/aromatic N) is 2. The SMILES string of the molecule is CCCCC1=NC2(C(=O)N1Cc1ccc(-c3ccccc3C(=O)O)cc1)C1CC3CC(C1)CC2C3. The van der Waals surface area contributed by atoms with Crippen LogP contribution < -0.4 is 0 Å². The minimum Gasteiger partial charge on any atom is -0.478 e. The smallest absolute Gasteiger partial charge is 0.336 e. The van der Waals surface area contributed by atoms with Crippen LogP contribution in [-0.4, -0.2) is 33.3 Å². The molecule has 4 saturated carbocycles. The first-order valence-electron chi connectivity index (χ1n) is 13.3. The molecule has 7 rings (SSSR count). The van der Waals surface area contributed by atoms with Gasteiger partial charge in [0.15, 0.2) is 0 Å². The van der Waals surface area contributed by atoms with Gasteiger partial charge in [-0.15, -0.1) is 0 Å². The second kappa shape index (κ2) is 8.61. The van der Waals surface area contributed by atoms with E-state index in [9.17, 15) is 14.7 Å². The third kappa shape index (κ3) is 3.62. The van der Waals surface area contributed by atoms with Crippen LogP contribution in [0.25, 0.3) is 11.1 Å². The molecule has 0 atom stereocenters. The van der Waals surface area contributed by atoms with Crippen molar-refractivity contribution in [3.63, 3.8) is 0 Å². The first kappa shape index (κ1) is 22.5. The lowest BCUT2D eigenvalue weighted by Crippen LogP contribution is -2.61. The van der Waals surface area contributed by atoms with Gasteiger partial charge in [0.1, 0.15) is 11.4 Å². The van der Waals surface area contributed by atoms with Gasteiger partial charge in [-0.1, -0.05) is 55.8 Å². The molecule has 4 fully saturated rings. The Morgan fingerprint density at radius 3 is 2.29 bits per heavy atom. The number of hydrogen-bond donors (Lipinski definition) is 1. The van der Waals surface area contributed by atoms with E-state index < -0.39 is 11.5 Å². The Morgan fingerprint density at radius 1 is 1.00 bits per heavy atom. The number of carboxylic acids is 1. The van der Waals surface area contributed by atoms with Gasteiger partial charge in [0.05, 0.1) is 12.1 Å². The molecule has 0 aromatic heterocycles. The van der Waals surface area contributed by atoms with E-state index >= 15 is 0 Å². The number of benzene rings is 2. The Morgan fingerprint density at radius 2 is 1.66 bits per heavy atom. The Hall–Kier alpha value is -2.95. The summed E-state index contributed by atoms with van der Waals surface area (Å²) < 4.78 is 0. The molecule has 2 aromatic rings. The summed E-state index contributed by atoms with van der Waals surface area (Å²) in [5.41, 5.74) is 2.43. The number of amidine groups is 1. The fraction of sp³-hybridized carbons (Fsp3) is 0.500. The number of amides is 1. The van der Waals surface area contributed by atoms with Crippen molar-refractivity contribution in [3.05, 3.63) is 59.7 Å². The highest BCUT2D eigenvalue weighted by molar-refractivity contribution is 6.08. The van der Waals surface area contributed by atoms with Crippen molar-refractivity contribution in [2.24, 2.45) is 28.7 Å². The molecule has 4 aliphatic carbocycles. The zero-order valence-corrected chi connectivity index (χ0v) is 20.5. The Balaban J connectivity index is 1.28. The Labute approximate surface area is 207 Å². The van der Waals surface area contributed by atoms with Gasteiger partial charge in [-0.05, 0) is 85.0 Å². The maximum Gasteiger partial charge on any atom is 0.336 e. The van der Waals surface area contributed by atoms with Crippen LogP contribution in [0.15, 0.2) is 53.5 Å². The molecule has 1 aliphatic heterocycles. The van der Waals surface area contributed by atoms with Gasteiger partial charge >= 0.3 is 5.97 Å². The molecule has 35 heavy (non-hydrogen) atoms. The summed E-state index contributed by atoms with van der Waals surface area (Å²) in [7, 11) is 0. The molecule has 1 amide bonds. The second-order valence-corrected chi connectivity index (χ2v) is 11.2. The summed E-state index contributed by atoms with van der Waals surface area (Å²) in [5.74, 6) is 2.76. The van der Waals surface area contributed by atoms with Crippen molar-refractivity contribution >= 4 is 17.7 Å². The fourth-order valence-electron chi connectivity index (χ4n) is 7.67. The van der Waals surface area contributed by atoms with Crippen LogP contribution in [-0.2, 0) is 11.3 Å². The minimum atomic E-state index is -0.926. The summed E-state index contributed by atoms with van der Waals surface area (Å²) in [4.78, 5) is 33.1. The van der Waals surface area contributed by atoms with E-state index in [0.29, 0.717) is 29.5 Å². The Kier molecular flexibility index (Phi) is 5.54. The highest BCUT2D eigenvalue weighted by Gasteiger charge is 2.64. The quantitative estimate of drug-likeness (QED) is 0.525. The molecule has 0 saturated heterocycles. The lowest BCUT2D eigenvalue weighted by molar-refractivity contribution is -0.146. The summed E-state index contributed by atoms with van der Waals surface area (Å²) >= 11 is 0. The molecule has 1 N–H and O–H groups in total. The topological polar surface area (TPSA) is 70.0 Å². The molecule has 0 radical (unpaired) electrons. The summed E-state index contributed by atoms with van der Waals surface area (Å²) in [6.45, 7) is 2.73. The fourth-order valence-corrected chi connectivity index (χ4v) is 7.67. The summed E-state index contributed by atoms with van der Waals surface area (Å²) in [6, 6.07) is 15.1. The predicted molar refractivity (Wildman–Crippen MR) is 136 cm³/mol. The van der Waals surface area contributed by atoms with E-state index in [1.54, 1.807) is 12.1 Å². The van der Waals surface area contributed by atoms with Crippen LogP contribution in [0.4, 0.5) is 0 Å². The van der Waals surface area contributed by atoms with Crippen molar-refractivity contribution in [2.75, 3.05) is 0 Å². The number of unbranched alkanes of at least 4 members (excludes halogenated alkanes) is 1. The lowest BCUT2D eigenvalue weighted by Gasteiger charge is -2.57. The largest absolute Gasteiger partial charge is 0.478 e. The zero-order chi connectivity index (χ0) is 24.2. The number of aromatic carboxylic acids is 1. The number of carboxylic acid groups (broad SMARTS) is 1. The molecule has 0 unspecified atom stereocenters. The highest BCUT2D eigenvalue weighted by atomic mass is 16.4. The van der Waals surface area contributed by atoms with Gasteiger partial charge in [0, 0.05) is 6.42 Å². The number of hydrogen-bond acceptors (Lipinski definition) is 3. The van der Waals surface area contributed by atoms with Crippen molar-refractivity contribution < 1.29 is 14.7 Å². The minimum absolute atomic E-state index is 0.248. The first-order chi connectivity index (χ1) is 17.0. The third-order valence-corrected chi connectivity index (χ3v) is 9.11. The van der Waals surface area contributed by atoms with Crippen LogP contribution in [0.5, 0.6) is 0 Å². The number of carbonyl (C=O) groups is 2. The van der Waals surface area contributed by atoms with Crippen LogP contribution >= 0.6 is 0 Å². The molecule has 1 heterocycles. The number of carbonyl (C=O) groups excluding carboxylic acids is 1. The summed E-state index contributed by atoms with van der Waals surface area (Å²) in [6.07, 6.45) is 9.06. The second-order valence-electron chi connectivity index (χ2n) is 11.2. The number of rotatable bonds is 7. The van der Waals surface area contributed by atoms with E-state index in [1.807, 2.05) is 41.3 Å². The molecule has 4 bridgehead atoms. The Bertz CT molecular complexity index is 1150. The van der Waals surface area contributed by atoms with Crippen molar-refractivity contribution in [1.29, 1.82) is 0 Å². The molecule has 5 heteroatoms. The maximum atomic E-state index is 14.1. The standard InChI is InChI=1S/C30H34N2O3/c1-2-3-8-27-31-30(23-14-20-13-21(16-23)17-24(30)15-20)29(35)32(27)18-19-9-11-22(12-10-19)25-6-4-5-7-26(25)28(33)34/h4-7,9-12,20-21,23-24H,2-3,8,13-18H2,1H3,(H,33,34). The molecule has 5 nitrogen and oxygen atoms in total. The van der Waals surface area contributed by atoms with Gasteiger partial charge in [0.25, 0.3) is 5.91 Å². The average Bonchev–Trinajstić information content (AvgIpc) is 3.13. The van der Waals surface area contributed by atoms with E-state index in [-0.39, 0.29) is 5.91 Å². The van der Waals surface area contributed by atoms with E-state index in [4.69, 9.17) is 4.99 Å². The van der Waals surface area contributed by atoms with Crippen LogP contribution in [0.1, 0.15) is 74.2 Å². The average molecular weight is 471 g/mol. The zero-order valence-electron chi connectivity index (χ0n) is 20.5. The van der Waals surface area contributed by atoms with Crippen molar-refractivity contribution in [1.82, 2.24) is 4.90 Å². The lowest BCUT2D eigenvalue weighted by atomic mass is 9.48. The van der Waals surface area contributed by atoms with Gasteiger partial charge in [-0.3, -0.25) is 14.7 Å². The normalized spacial score (nSPS) is 30.8.